The van der Waals surface area contributed by atoms with Gasteiger partial charge in [0.2, 0.25) is 0 Å². The summed E-state index contributed by atoms with van der Waals surface area (Å²) in [6, 6.07) is 0. The van der Waals surface area contributed by atoms with Crippen molar-refractivity contribution < 1.29 is 9.90 Å². The lowest BCUT2D eigenvalue weighted by Gasteiger charge is -2.12. The van der Waals surface area contributed by atoms with E-state index in [0.29, 0.717) is 0 Å². The fourth-order valence-corrected chi connectivity index (χ4v) is 2.29. The van der Waals surface area contributed by atoms with Crippen LogP contribution in [0.15, 0.2) is 12.4 Å². The molecule has 1 aromatic rings. The van der Waals surface area contributed by atoms with E-state index in [9.17, 15) is 4.79 Å². The van der Waals surface area contributed by atoms with Crippen molar-refractivity contribution >= 4 is 5.97 Å². The van der Waals surface area contributed by atoms with Gasteiger partial charge >= 0.3 is 5.97 Å². The Morgan fingerprint density at radius 3 is 3.00 bits per heavy atom. The molecule has 1 saturated carbocycles. The van der Waals surface area contributed by atoms with E-state index in [2.05, 4.69) is 5.10 Å². The quantitative estimate of drug-likeness (QED) is 0.774. The number of hydrogen-bond acceptors (Lipinski definition) is 2. The molecule has 14 heavy (non-hydrogen) atoms. The molecule has 2 unspecified atom stereocenters. The van der Waals surface area contributed by atoms with Gasteiger partial charge in [0.15, 0.2) is 0 Å². The van der Waals surface area contributed by atoms with Crippen molar-refractivity contribution in [1.29, 1.82) is 0 Å². The smallest absolute Gasteiger partial charge is 0.307 e. The topological polar surface area (TPSA) is 55.1 Å². The summed E-state index contributed by atoms with van der Waals surface area (Å²) in [4.78, 5) is 11.0. The Hall–Kier alpha value is -1.32. The van der Waals surface area contributed by atoms with Gasteiger partial charge in [0.1, 0.15) is 0 Å². The van der Waals surface area contributed by atoms with Crippen LogP contribution in [0.5, 0.6) is 0 Å². The van der Waals surface area contributed by atoms with E-state index in [4.69, 9.17) is 5.11 Å². The lowest BCUT2D eigenvalue weighted by molar-refractivity contribution is -0.142. The van der Waals surface area contributed by atoms with Crippen LogP contribution in [-0.2, 0) is 11.8 Å². The van der Waals surface area contributed by atoms with Gasteiger partial charge in [-0.05, 0) is 18.4 Å². The molecule has 1 aliphatic carbocycles. The Balaban J connectivity index is 2.21. The molecule has 0 saturated heterocycles. The lowest BCUT2D eigenvalue weighted by atomic mass is 9.91. The Kier molecular flexibility index (Phi) is 2.27. The zero-order valence-electron chi connectivity index (χ0n) is 8.18. The minimum absolute atomic E-state index is 0.168. The molecule has 4 nitrogen and oxygen atoms in total. The maximum Gasteiger partial charge on any atom is 0.307 e. The van der Waals surface area contributed by atoms with Gasteiger partial charge in [-0.25, -0.2) is 0 Å². The van der Waals surface area contributed by atoms with Crippen molar-refractivity contribution in [3.63, 3.8) is 0 Å². The van der Waals surface area contributed by atoms with Crippen LogP contribution in [0.3, 0.4) is 0 Å². The van der Waals surface area contributed by atoms with Crippen LogP contribution in [-0.4, -0.2) is 20.9 Å². The fourth-order valence-electron chi connectivity index (χ4n) is 2.29. The van der Waals surface area contributed by atoms with Gasteiger partial charge in [0.25, 0.3) is 0 Å². The molecule has 0 aromatic carbocycles. The minimum atomic E-state index is -0.670. The molecule has 2 atom stereocenters. The third-order valence-corrected chi connectivity index (χ3v) is 2.99. The van der Waals surface area contributed by atoms with E-state index in [0.717, 1.165) is 24.8 Å². The Morgan fingerprint density at radius 2 is 2.43 bits per heavy atom. The second-order valence-corrected chi connectivity index (χ2v) is 3.93. The number of hydrogen-bond donors (Lipinski definition) is 1. The largest absolute Gasteiger partial charge is 0.481 e. The maximum absolute atomic E-state index is 11.0. The molecule has 0 spiro atoms. The summed E-state index contributed by atoms with van der Waals surface area (Å²) < 4.78 is 1.73. The molecule has 0 radical (unpaired) electrons. The van der Waals surface area contributed by atoms with Crippen molar-refractivity contribution in [3.8, 4) is 0 Å². The second-order valence-electron chi connectivity index (χ2n) is 3.93. The zero-order chi connectivity index (χ0) is 10.1. The highest BCUT2D eigenvalue weighted by atomic mass is 16.4. The first-order valence-electron chi connectivity index (χ1n) is 4.90. The molecular weight excluding hydrogens is 180 g/mol. The van der Waals surface area contributed by atoms with Crippen LogP contribution >= 0.6 is 0 Å². The second kappa shape index (κ2) is 3.44. The van der Waals surface area contributed by atoms with Crippen LogP contribution in [0.1, 0.15) is 30.7 Å². The Bertz CT molecular complexity index is 346. The van der Waals surface area contributed by atoms with Crippen molar-refractivity contribution in [3.05, 3.63) is 18.0 Å². The van der Waals surface area contributed by atoms with Crippen LogP contribution in [0.25, 0.3) is 0 Å². The lowest BCUT2D eigenvalue weighted by Crippen LogP contribution is -2.16. The molecule has 0 aliphatic heterocycles. The number of carbonyl (C=O) groups is 1. The summed E-state index contributed by atoms with van der Waals surface area (Å²) in [6.07, 6.45) is 6.49. The third-order valence-electron chi connectivity index (χ3n) is 2.99. The van der Waals surface area contributed by atoms with Gasteiger partial charge in [-0.1, -0.05) is 6.42 Å². The normalized spacial score (nSPS) is 26.6. The van der Waals surface area contributed by atoms with Gasteiger partial charge in [-0.15, -0.1) is 0 Å². The maximum atomic E-state index is 11.0. The summed E-state index contributed by atoms with van der Waals surface area (Å²) in [5.74, 6) is -0.711. The first-order valence-corrected chi connectivity index (χ1v) is 4.90. The highest BCUT2D eigenvalue weighted by Gasteiger charge is 2.34. The van der Waals surface area contributed by atoms with E-state index in [-0.39, 0.29) is 11.8 Å². The summed E-state index contributed by atoms with van der Waals surface area (Å²) in [7, 11) is 1.86. The van der Waals surface area contributed by atoms with E-state index in [1.165, 1.54) is 0 Å². The van der Waals surface area contributed by atoms with E-state index >= 15 is 0 Å². The molecule has 2 rings (SSSR count). The summed E-state index contributed by atoms with van der Waals surface area (Å²) in [5, 5.41) is 13.1. The predicted octanol–water partition coefficient (Wildman–Crippen LogP) is 1.39. The van der Waals surface area contributed by atoms with Crippen molar-refractivity contribution in [2.75, 3.05) is 0 Å². The minimum Gasteiger partial charge on any atom is -0.481 e. The summed E-state index contributed by atoms with van der Waals surface area (Å²) in [6.45, 7) is 0. The highest BCUT2D eigenvalue weighted by Crippen LogP contribution is 2.39. The number of aliphatic carboxylic acids is 1. The molecular formula is C10H14N2O2. The van der Waals surface area contributed by atoms with E-state index < -0.39 is 5.97 Å². The number of aryl methyl sites for hydroxylation is 1. The molecule has 1 aliphatic rings. The molecule has 1 heterocycles. The summed E-state index contributed by atoms with van der Waals surface area (Å²) >= 11 is 0. The van der Waals surface area contributed by atoms with Gasteiger partial charge in [0.05, 0.1) is 12.1 Å². The SMILES string of the molecule is Cn1cc(C2CCCC2C(=O)O)cn1. The van der Waals surface area contributed by atoms with E-state index in [1.54, 1.807) is 10.9 Å². The molecule has 1 aromatic heterocycles. The number of aromatic nitrogens is 2. The molecule has 1 fully saturated rings. The van der Waals surface area contributed by atoms with Crippen LogP contribution in [0.2, 0.25) is 0 Å². The standard InChI is InChI=1S/C10H14N2O2/c1-12-6-7(5-11-12)8-3-2-4-9(8)10(13)14/h5-6,8-9H,2-4H2,1H3,(H,13,14). The highest BCUT2D eigenvalue weighted by molar-refractivity contribution is 5.71. The van der Waals surface area contributed by atoms with Crippen LogP contribution < -0.4 is 0 Å². The third kappa shape index (κ3) is 1.52. The fraction of sp³-hybridized carbons (Fsp3) is 0.600. The Morgan fingerprint density at radius 1 is 1.64 bits per heavy atom. The monoisotopic (exact) mass is 194 g/mol. The molecule has 0 amide bonds. The average molecular weight is 194 g/mol. The number of carboxylic acid groups (broad SMARTS) is 1. The van der Waals surface area contributed by atoms with Crippen molar-refractivity contribution in [2.24, 2.45) is 13.0 Å². The molecule has 4 heteroatoms. The van der Waals surface area contributed by atoms with Crippen molar-refractivity contribution in [2.45, 2.75) is 25.2 Å². The Labute approximate surface area is 82.5 Å². The summed E-state index contributed by atoms with van der Waals surface area (Å²) in [5.41, 5.74) is 1.07. The average Bonchev–Trinajstić information content (AvgIpc) is 2.70. The number of carboxylic acids is 1. The van der Waals surface area contributed by atoms with Gasteiger partial charge in [-0.3, -0.25) is 9.48 Å². The molecule has 76 valence electrons. The van der Waals surface area contributed by atoms with Gasteiger partial charge in [0, 0.05) is 19.2 Å². The van der Waals surface area contributed by atoms with Crippen LogP contribution in [0, 0.1) is 5.92 Å². The van der Waals surface area contributed by atoms with Gasteiger partial charge in [-0.2, -0.15) is 5.10 Å². The molecule has 1 N–H and O–H groups in total. The van der Waals surface area contributed by atoms with Crippen molar-refractivity contribution in [1.82, 2.24) is 9.78 Å². The van der Waals surface area contributed by atoms with Gasteiger partial charge < -0.3 is 5.11 Å². The predicted molar refractivity (Wildman–Crippen MR) is 50.9 cm³/mol. The van der Waals surface area contributed by atoms with Crippen LogP contribution in [0.4, 0.5) is 0 Å². The van der Waals surface area contributed by atoms with E-state index in [1.807, 2.05) is 13.2 Å². The first-order chi connectivity index (χ1) is 6.68. The first kappa shape index (κ1) is 9.24. The zero-order valence-corrected chi connectivity index (χ0v) is 8.18. The number of rotatable bonds is 2. The number of nitrogens with zero attached hydrogens (tertiary/aromatic N) is 2. The molecule has 0 bridgehead atoms.